The van der Waals surface area contributed by atoms with E-state index in [9.17, 15) is 0 Å². The Hall–Kier alpha value is -0.800. The molecule has 2 atom stereocenters. The molecule has 2 unspecified atom stereocenters. The molecule has 0 radical (unpaired) electrons. The first kappa shape index (κ1) is 13.6. The molecule has 3 nitrogen and oxygen atoms in total. The molecule has 4 heteroatoms. The summed E-state index contributed by atoms with van der Waals surface area (Å²) in [5, 5.41) is 3.89. The van der Waals surface area contributed by atoms with Crippen molar-refractivity contribution in [2.24, 2.45) is 5.92 Å². The average Bonchev–Trinajstić information content (AvgIpc) is 2.35. The predicted octanol–water partition coefficient (Wildman–Crippen LogP) is 3.08. The maximum Gasteiger partial charge on any atom is 0.129 e. The SMILES string of the molecule is CNCc1cc(N2CC(C)CCC2C)ncc1Cl. The van der Waals surface area contributed by atoms with E-state index in [0.717, 1.165) is 35.4 Å². The Balaban J connectivity index is 2.23. The first-order chi connectivity index (χ1) is 8.61. The van der Waals surface area contributed by atoms with Gasteiger partial charge in [-0.3, -0.25) is 0 Å². The molecule has 1 aliphatic heterocycles. The van der Waals surface area contributed by atoms with Crippen LogP contribution in [0.25, 0.3) is 0 Å². The van der Waals surface area contributed by atoms with Crippen LogP contribution in [0.15, 0.2) is 12.3 Å². The van der Waals surface area contributed by atoms with Gasteiger partial charge in [0.2, 0.25) is 0 Å². The van der Waals surface area contributed by atoms with E-state index in [1.807, 2.05) is 7.05 Å². The number of nitrogens with zero attached hydrogens (tertiary/aromatic N) is 2. The molecule has 100 valence electrons. The summed E-state index contributed by atoms with van der Waals surface area (Å²) >= 11 is 6.16. The Morgan fingerprint density at radius 2 is 2.22 bits per heavy atom. The van der Waals surface area contributed by atoms with Crippen molar-refractivity contribution in [3.8, 4) is 0 Å². The summed E-state index contributed by atoms with van der Waals surface area (Å²) in [4.78, 5) is 6.90. The number of anilines is 1. The minimum absolute atomic E-state index is 0.567. The Morgan fingerprint density at radius 1 is 1.44 bits per heavy atom. The van der Waals surface area contributed by atoms with Gasteiger partial charge in [0.1, 0.15) is 5.82 Å². The van der Waals surface area contributed by atoms with Crippen molar-refractivity contribution in [2.75, 3.05) is 18.5 Å². The smallest absolute Gasteiger partial charge is 0.129 e. The van der Waals surface area contributed by atoms with Gasteiger partial charge in [-0.05, 0) is 44.4 Å². The molecule has 0 spiro atoms. The molecule has 1 aromatic rings. The van der Waals surface area contributed by atoms with Crippen molar-refractivity contribution >= 4 is 17.4 Å². The highest BCUT2D eigenvalue weighted by Gasteiger charge is 2.24. The van der Waals surface area contributed by atoms with Gasteiger partial charge in [-0.15, -0.1) is 0 Å². The van der Waals surface area contributed by atoms with Gasteiger partial charge >= 0.3 is 0 Å². The lowest BCUT2D eigenvalue weighted by Crippen LogP contribution is -2.41. The van der Waals surface area contributed by atoms with Crippen LogP contribution in [-0.4, -0.2) is 24.6 Å². The van der Waals surface area contributed by atoms with Gasteiger partial charge in [0.05, 0.1) is 5.02 Å². The van der Waals surface area contributed by atoms with Crippen LogP contribution in [0.4, 0.5) is 5.82 Å². The van der Waals surface area contributed by atoms with Gasteiger partial charge in [-0.25, -0.2) is 4.98 Å². The highest BCUT2D eigenvalue weighted by Crippen LogP contribution is 2.28. The number of piperidine rings is 1. The number of aromatic nitrogens is 1. The molecule has 2 rings (SSSR count). The molecular weight excluding hydrogens is 246 g/mol. The van der Waals surface area contributed by atoms with E-state index in [1.54, 1.807) is 6.20 Å². The Morgan fingerprint density at radius 3 is 2.94 bits per heavy atom. The van der Waals surface area contributed by atoms with Crippen molar-refractivity contribution in [1.82, 2.24) is 10.3 Å². The summed E-state index contributed by atoms with van der Waals surface area (Å²) in [6, 6.07) is 2.69. The number of halogens is 1. The first-order valence-electron chi connectivity index (χ1n) is 6.67. The summed E-state index contributed by atoms with van der Waals surface area (Å²) in [6.07, 6.45) is 4.33. The fourth-order valence-corrected chi connectivity index (χ4v) is 2.73. The summed E-state index contributed by atoms with van der Waals surface area (Å²) in [6.45, 7) is 6.46. The zero-order valence-corrected chi connectivity index (χ0v) is 12.2. The fourth-order valence-electron chi connectivity index (χ4n) is 2.56. The van der Waals surface area contributed by atoms with E-state index in [-0.39, 0.29) is 0 Å². The third-order valence-electron chi connectivity index (χ3n) is 3.70. The number of rotatable bonds is 3. The van der Waals surface area contributed by atoms with Crippen LogP contribution in [0.1, 0.15) is 32.3 Å². The van der Waals surface area contributed by atoms with Gasteiger partial charge in [0.15, 0.2) is 0 Å². The van der Waals surface area contributed by atoms with Crippen LogP contribution in [0, 0.1) is 5.92 Å². The van der Waals surface area contributed by atoms with Crippen molar-refractivity contribution < 1.29 is 0 Å². The van der Waals surface area contributed by atoms with E-state index in [1.165, 1.54) is 12.8 Å². The zero-order chi connectivity index (χ0) is 13.1. The van der Waals surface area contributed by atoms with Gasteiger partial charge in [-0.1, -0.05) is 18.5 Å². The Kier molecular flexibility index (Phi) is 4.46. The summed E-state index contributed by atoms with van der Waals surface area (Å²) < 4.78 is 0. The van der Waals surface area contributed by atoms with Crippen LogP contribution in [0.5, 0.6) is 0 Å². The van der Waals surface area contributed by atoms with E-state index >= 15 is 0 Å². The lowest BCUT2D eigenvalue weighted by atomic mass is 9.95. The monoisotopic (exact) mass is 267 g/mol. The van der Waals surface area contributed by atoms with Crippen molar-refractivity contribution in [3.05, 3.63) is 22.8 Å². The van der Waals surface area contributed by atoms with Gasteiger partial charge in [0, 0.05) is 25.3 Å². The average molecular weight is 268 g/mol. The second-order valence-electron chi connectivity index (χ2n) is 5.35. The van der Waals surface area contributed by atoms with Crippen LogP contribution in [-0.2, 0) is 6.54 Å². The quantitative estimate of drug-likeness (QED) is 0.912. The van der Waals surface area contributed by atoms with E-state index in [0.29, 0.717) is 6.04 Å². The topological polar surface area (TPSA) is 28.2 Å². The van der Waals surface area contributed by atoms with Crippen molar-refractivity contribution in [2.45, 2.75) is 39.3 Å². The summed E-state index contributed by atoms with van der Waals surface area (Å²) in [7, 11) is 1.93. The largest absolute Gasteiger partial charge is 0.354 e. The van der Waals surface area contributed by atoms with Crippen LogP contribution in [0.2, 0.25) is 5.02 Å². The molecule has 1 aromatic heterocycles. The number of nitrogens with one attached hydrogen (secondary N) is 1. The van der Waals surface area contributed by atoms with Gasteiger partial charge in [-0.2, -0.15) is 0 Å². The summed E-state index contributed by atoms with van der Waals surface area (Å²) in [5.74, 6) is 1.80. The number of hydrogen-bond acceptors (Lipinski definition) is 3. The first-order valence-corrected chi connectivity index (χ1v) is 7.05. The molecule has 1 fully saturated rings. The normalized spacial score (nSPS) is 24.3. The molecule has 0 bridgehead atoms. The summed E-state index contributed by atoms with van der Waals surface area (Å²) in [5.41, 5.74) is 1.12. The highest BCUT2D eigenvalue weighted by atomic mass is 35.5. The van der Waals surface area contributed by atoms with E-state index < -0.39 is 0 Å². The molecule has 0 aromatic carbocycles. The fraction of sp³-hybridized carbons (Fsp3) is 0.643. The lowest BCUT2D eigenvalue weighted by molar-refractivity contribution is 0.388. The molecule has 2 heterocycles. The maximum atomic E-state index is 6.16. The molecule has 18 heavy (non-hydrogen) atoms. The zero-order valence-electron chi connectivity index (χ0n) is 11.4. The molecule has 1 N–H and O–H groups in total. The van der Waals surface area contributed by atoms with Crippen molar-refractivity contribution in [1.29, 1.82) is 0 Å². The molecule has 1 saturated heterocycles. The third kappa shape index (κ3) is 2.96. The van der Waals surface area contributed by atoms with Crippen LogP contribution < -0.4 is 10.2 Å². The molecular formula is C14H22ClN3. The number of hydrogen-bond donors (Lipinski definition) is 1. The predicted molar refractivity (Wildman–Crippen MR) is 77.2 cm³/mol. The van der Waals surface area contributed by atoms with Gasteiger partial charge in [0.25, 0.3) is 0 Å². The Labute approximate surface area is 115 Å². The standard InChI is InChI=1S/C14H22ClN3/c1-10-4-5-11(2)18(9-10)14-6-12(7-16-3)13(15)8-17-14/h6,8,10-11,16H,4-5,7,9H2,1-3H3. The highest BCUT2D eigenvalue weighted by molar-refractivity contribution is 6.31. The molecule has 0 saturated carbocycles. The third-order valence-corrected chi connectivity index (χ3v) is 4.04. The van der Waals surface area contributed by atoms with Gasteiger partial charge < -0.3 is 10.2 Å². The van der Waals surface area contributed by atoms with E-state index in [2.05, 4.69) is 35.1 Å². The van der Waals surface area contributed by atoms with Crippen LogP contribution in [0.3, 0.4) is 0 Å². The second kappa shape index (κ2) is 5.89. The molecule has 0 aliphatic carbocycles. The van der Waals surface area contributed by atoms with Crippen molar-refractivity contribution in [3.63, 3.8) is 0 Å². The maximum absolute atomic E-state index is 6.16. The Bertz CT molecular complexity index is 408. The lowest BCUT2D eigenvalue weighted by Gasteiger charge is -2.37. The minimum atomic E-state index is 0.567. The minimum Gasteiger partial charge on any atom is -0.354 e. The van der Waals surface area contributed by atoms with Crippen LogP contribution >= 0.6 is 11.6 Å². The molecule has 1 aliphatic rings. The molecule has 0 amide bonds. The second-order valence-corrected chi connectivity index (χ2v) is 5.76. The van der Waals surface area contributed by atoms with E-state index in [4.69, 9.17) is 11.6 Å². The number of pyridine rings is 1.